The monoisotopic (exact) mass is 612 g/mol. The van der Waals surface area contributed by atoms with Crippen LogP contribution in [0.3, 0.4) is 0 Å². The van der Waals surface area contributed by atoms with Crippen LogP contribution in [0.1, 0.15) is 16.7 Å². The quantitative estimate of drug-likeness (QED) is 0.256. The van der Waals surface area contributed by atoms with Crippen molar-refractivity contribution in [1.29, 1.82) is 0 Å². The zero-order valence-electron chi connectivity index (χ0n) is 15.0. The van der Waals surface area contributed by atoms with Crippen LogP contribution in [-0.4, -0.2) is 16.0 Å². The molecule has 0 aliphatic heterocycles. The lowest BCUT2D eigenvalue weighted by atomic mass is 10.1. The first-order valence-corrected chi connectivity index (χ1v) is 11.4. The van der Waals surface area contributed by atoms with Crippen molar-refractivity contribution in [3.8, 4) is 18.1 Å². The van der Waals surface area contributed by atoms with Crippen LogP contribution in [0.2, 0.25) is 0 Å². The van der Waals surface area contributed by atoms with Gasteiger partial charge in [0.05, 0.1) is 19.1 Å². The number of rotatable bonds is 3. The molecule has 2 heterocycles. The number of benzene rings is 2. The number of imidazole rings is 1. The van der Waals surface area contributed by atoms with Gasteiger partial charge >= 0.3 is 0 Å². The zero-order valence-corrected chi connectivity index (χ0v) is 20.2. The molecule has 4 rings (SSSR count). The molecule has 7 heteroatoms. The number of ether oxygens (including phenoxy) is 1. The summed E-state index contributed by atoms with van der Waals surface area (Å²) in [5.74, 6) is 3.19. The lowest BCUT2D eigenvalue weighted by Crippen LogP contribution is -2.22. The third-order valence-electron chi connectivity index (χ3n) is 4.48. The summed E-state index contributed by atoms with van der Waals surface area (Å²) < 4.78 is 10.1. The van der Waals surface area contributed by atoms with E-state index in [0.29, 0.717) is 15.2 Å². The van der Waals surface area contributed by atoms with Gasteiger partial charge in [0.25, 0.3) is 5.56 Å². The standard InChI is InChI=1S/C21H14I2N2O2S/c1-4-5-27-19-13(8-14(22)10-15(19)23)9-18-20(26)25-17-7-12(3)11(2)6-16(17)24-21(25)28-18/h1,6-10H,5H2,2-3H3. The van der Waals surface area contributed by atoms with Gasteiger partial charge in [0.2, 0.25) is 0 Å². The molecule has 2 aromatic carbocycles. The molecule has 0 saturated carbocycles. The highest BCUT2D eigenvalue weighted by molar-refractivity contribution is 14.1. The molecule has 28 heavy (non-hydrogen) atoms. The Hall–Kier alpha value is -1.64. The number of aryl methyl sites for hydroxylation is 2. The van der Waals surface area contributed by atoms with E-state index >= 15 is 0 Å². The minimum atomic E-state index is -0.0671. The van der Waals surface area contributed by atoms with E-state index in [9.17, 15) is 4.79 Å². The van der Waals surface area contributed by atoms with Gasteiger partial charge in [-0.1, -0.05) is 17.3 Å². The summed E-state index contributed by atoms with van der Waals surface area (Å²) in [5, 5.41) is 0. The Morgan fingerprint density at radius 3 is 2.75 bits per heavy atom. The maximum absolute atomic E-state index is 13.1. The zero-order chi connectivity index (χ0) is 20.0. The van der Waals surface area contributed by atoms with Crippen LogP contribution in [0, 0.1) is 33.3 Å². The molecule has 0 fully saturated rings. The minimum Gasteiger partial charge on any atom is -0.479 e. The molecule has 0 saturated heterocycles. The van der Waals surface area contributed by atoms with Gasteiger partial charge in [0, 0.05) is 9.13 Å². The smallest absolute Gasteiger partial charge is 0.274 e. The van der Waals surface area contributed by atoms with Gasteiger partial charge in [-0.25, -0.2) is 9.38 Å². The summed E-state index contributed by atoms with van der Waals surface area (Å²) in [6, 6.07) is 8.06. The van der Waals surface area contributed by atoms with Crippen molar-refractivity contribution in [3.05, 3.63) is 63.0 Å². The molecule has 0 N–H and O–H groups in total. The average molecular weight is 612 g/mol. The SMILES string of the molecule is C#CCOc1c(I)cc(I)cc1C=c1sc2nc3cc(C)c(C)cc3n2c1=O. The number of halogens is 2. The molecule has 0 radical (unpaired) electrons. The molecule has 0 unspecified atom stereocenters. The number of fused-ring (bicyclic) bond motifs is 3. The summed E-state index contributed by atoms with van der Waals surface area (Å²) in [5.41, 5.74) is 4.77. The van der Waals surface area contributed by atoms with E-state index in [-0.39, 0.29) is 12.2 Å². The Morgan fingerprint density at radius 2 is 2.00 bits per heavy atom. The molecule has 2 aromatic heterocycles. The Balaban J connectivity index is 1.97. The van der Waals surface area contributed by atoms with Crippen LogP contribution in [0.4, 0.5) is 0 Å². The first-order chi connectivity index (χ1) is 13.4. The molecule has 0 spiro atoms. The second-order valence-corrected chi connectivity index (χ2v) is 9.79. The van der Waals surface area contributed by atoms with Crippen molar-refractivity contribution < 1.29 is 4.74 Å². The Bertz CT molecular complexity index is 1400. The highest BCUT2D eigenvalue weighted by atomic mass is 127. The van der Waals surface area contributed by atoms with E-state index in [2.05, 4.69) is 63.0 Å². The van der Waals surface area contributed by atoms with Crippen LogP contribution in [0.25, 0.3) is 22.1 Å². The average Bonchev–Trinajstić information content (AvgIpc) is 3.11. The highest BCUT2D eigenvalue weighted by Gasteiger charge is 2.14. The molecule has 4 nitrogen and oxygen atoms in total. The van der Waals surface area contributed by atoms with Crippen LogP contribution in [0.15, 0.2) is 29.1 Å². The fraction of sp³-hybridized carbons (Fsp3) is 0.143. The third kappa shape index (κ3) is 3.42. The summed E-state index contributed by atoms with van der Waals surface area (Å²) in [6.07, 6.45) is 7.21. The molecule has 0 amide bonds. The van der Waals surface area contributed by atoms with Crippen molar-refractivity contribution in [2.75, 3.05) is 6.61 Å². The lowest BCUT2D eigenvalue weighted by Gasteiger charge is -2.09. The van der Waals surface area contributed by atoms with Gasteiger partial charge in [-0.05, 0) is 100 Å². The topological polar surface area (TPSA) is 43.6 Å². The van der Waals surface area contributed by atoms with Gasteiger partial charge in [-0.3, -0.25) is 4.79 Å². The fourth-order valence-electron chi connectivity index (χ4n) is 3.01. The van der Waals surface area contributed by atoms with Gasteiger partial charge in [0.15, 0.2) is 4.96 Å². The number of thiazole rings is 1. The van der Waals surface area contributed by atoms with E-state index in [1.807, 2.05) is 37.3 Å². The summed E-state index contributed by atoms with van der Waals surface area (Å²) in [4.78, 5) is 18.5. The van der Waals surface area contributed by atoms with Crippen LogP contribution in [-0.2, 0) is 0 Å². The molecular weight excluding hydrogens is 598 g/mol. The number of hydrogen-bond acceptors (Lipinski definition) is 4. The maximum atomic E-state index is 13.1. The van der Waals surface area contributed by atoms with Gasteiger partial charge < -0.3 is 4.74 Å². The molecular formula is C21H14I2N2O2S. The van der Waals surface area contributed by atoms with Crippen LogP contribution < -0.4 is 14.8 Å². The number of aromatic nitrogens is 2. The maximum Gasteiger partial charge on any atom is 0.274 e. The molecule has 0 aliphatic carbocycles. The second kappa shape index (κ2) is 7.65. The predicted molar refractivity (Wildman–Crippen MR) is 131 cm³/mol. The first-order valence-electron chi connectivity index (χ1n) is 8.38. The number of terminal acetylenes is 1. The molecule has 0 aliphatic rings. The van der Waals surface area contributed by atoms with E-state index in [1.54, 1.807) is 4.40 Å². The lowest BCUT2D eigenvalue weighted by molar-refractivity contribution is 0.367. The summed E-state index contributed by atoms with van der Waals surface area (Å²) in [6.45, 7) is 4.27. The minimum absolute atomic E-state index is 0.0671. The fourth-order valence-corrected chi connectivity index (χ4v) is 6.04. The van der Waals surface area contributed by atoms with Gasteiger partial charge in [-0.2, -0.15) is 0 Å². The van der Waals surface area contributed by atoms with Crippen molar-refractivity contribution in [3.63, 3.8) is 0 Å². The Kier molecular flexibility index (Phi) is 5.37. The van der Waals surface area contributed by atoms with E-state index < -0.39 is 0 Å². The van der Waals surface area contributed by atoms with Gasteiger partial charge in [-0.15, -0.1) is 6.42 Å². The first kappa shape index (κ1) is 19.7. The highest BCUT2D eigenvalue weighted by Crippen LogP contribution is 2.29. The normalized spacial score (nSPS) is 12.0. The number of hydrogen-bond donors (Lipinski definition) is 0. The molecule has 4 aromatic rings. The van der Waals surface area contributed by atoms with Crippen LogP contribution >= 0.6 is 56.5 Å². The van der Waals surface area contributed by atoms with E-state index in [1.165, 1.54) is 16.9 Å². The van der Waals surface area contributed by atoms with Crippen molar-refractivity contribution in [1.82, 2.24) is 9.38 Å². The van der Waals surface area contributed by atoms with E-state index in [0.717, 1.165) is 29.3 Å². The predicted octanol–water partition coefficient (Wildman–Crippen LogP) is 4.29. The Morgan fingerprint density at radius 1 is 1.25 bits per heavy atom. The van der Waals surface area contributed by atoms with Gasteiger partial charge in [0.1, 0.15) is 12.4 Å². The Labute approximate surface area is 192 Å². The second-order valence-electron chi connectivity index (χ2n) is 6.37. The molecule has 140 valence electrons. The molecule has 0 bridgehead atoms. The summed E-state index contributed by atoms with van der Waals surface area (Å²) in [7, 11) is 0. The van der Waals surface area contributed by atoms with Crippen molar-refractivity contribution >= 4 is 78.6 Å². The summed E-state index contributed by atoms with van der Waals surface area (Å²) >= 11 is 5.86. The largest absolute Gasteiger partial charge is 0.479 e. The molecule has 0 atom stereocenters. The van der Waals surface area contributed by atoms with Crippen LogP contribution in [0.5, 0.6) is 5.75 Å². The third-order valence-corrected chi connectivity index (χ3v) is 6.87. The van der Waals surface area contributed by atoms with E-state index in [4.69, 9.17) is 11.2 Å². The van der Waals surface area contributed by atoms with Crippen molar-refractivity contribution in [2.24, 2.45) is 0 Å². The van der Waals surface area contributed by atoms with Crippen molar-refractivity contribution in [2.45, 2.75) is 13.8 Å². The number of nitrogens with zero attached hydrogens (tertiary/aromatic N) is 2.